The van der Waals surface area contributed by atoms with Crippen LogP contribution in [0.5, 0.6) is 0 Å². The number of hydrogen-bond donors (Lipinski definition) is 0. The molecule has 0 aliphatic carbocycles. The van der Waals surface area contributed by atoms with E-state index in [1.165, 1.54) is 0 Å². The first-order chi connectivity index (χ1) is 12.7. The maximum absolute atomic E-state index is 12.9. The third kappa shape index (κ3) is 3.55. The van der Waals surface area contributed by atoms with Crippen LogP contribution in [0.25, 0.3) is 11.4 Å². The molecule has 3 heterocycles. The third-order valence-electron chi connectivity index (χ3n) is 5.18. The highest BCUT2D eigenvalue weighted by Crippen LogP contribution is 2.23. The van der Waals surface area contributed by atoms with E-state index in [2.05, 4.69) is 21.8 Å². The zero-order chi connectivity index (χ0) is 17.9. The molecule has 1 amide bonds. The molecule has 2 aliphatic rings. The lowest BCUT2D eigenvalue weighted by atomic mass is 10.2. The normalized spacial score (nSPS) is 18.3. The molecule has 2 saturated heterocycles. The summed E-state index contributed by atoms with van der Waals surface area (Å²) in [4.78, 5) is 28.8. The fourth-order valence-electron chi connectivity index (χ4n) is 3.54. The summed E-state index contributed by atoms with van der Waals surface area (Å²) >= 11 is 0. The van der Waals surface area contributed by atoms with E-state index in [1.54, 1.807) is 0 Å². The number of hydrogen-bond acceptors (Lipinski definition) is 5. The van der Waals surface area contributed by atoms with Crippen molar-refractivity contribution < 1.29 is 4.79 Å². The Morgan fingerprint density at radius 3 is 2.31 bits per heavy atom. The van der Waals surface area contributed by atoms with E-state index in [0.717, 1.165) is 63.5 Å². The maximum Gasteiger partial charge on any atom is 0.272 e. The van der Waals surface area contributed by atoms with Crippen molar-refractivity contribution in [3.8, 4) is 11.4 Å². The number of anilines is 1. The Kier molecular flexibility index (Phi) is 4.84. The van der Waals surface area contributed by atoms with Crippen molar-refractivity contribution >= 4 is 11.7 Å². The monoisotopic (exact) mass is 351 g/mol. The van der Waals surface area contributed by atoms with Crippen molar-refractivity contribution in [1.29, 1.82) is 0 Å². The largest absolute Gasteiger partial charge is 0.354 e. The number of aromatic nitrogens is 2. The van der Waals surface area contributed by atoms with Gasteiger partial charge in [0.1, 0.15) is 11.5 Å². The van der Waals surface area contributed by atoms with Gasteiger partial charge in [-0.05, 0) is 19.9 Å². The molecule has 6 nitrogen and oxygen atoms in total. The molecular weight excluding hydrogens is 326 g/mol. The fourth-order valence-corrected chi connectivity index (χ4v) is 3.54. The number of carbonyl (C=O) groups excluding carboxylic acids is 1. The van der Waals surface area contributed by atoms with Crippen LogP contribution in [-0.2, 0) is 0 Å². The van der Waals surface area contributed by atoms with Gasteiger partial charge in [0, 0.05) is 50.9 Å². The van der Waals surface area contributed by atoms with E-state index in [1.807, 2.05) is 41.3 Å². The predicted molar refractivity (Wildman–Crippen MR) is 102 cm³/mol. The van der Waals surface area contributed by atoms with Crippen LogP contribution in [0.1, 0.15) is 23.3 Å². The Bertz CT molecular complexity index is 765. The van der Waals surface area contributed by atoms with Gasteiger partial charge in [-0.2, -0.15) is 0 Å². The summed E-state index contributed by atoms with van der Waals surface area (Å²) in [5.74, 6) is 1.51. The smallest absolute Gasteiger partial charge is 0.272 e. The summed E-state index contributed by atoms with van der Waals surface area (Å²) in [5, 5.41) is 0. The molecule has 0 radical (unpaired) electrons. The molecule has 0 bridgehead atoms. The molecule has 0 N–H and O–H groups in total. The zero-order valence-corrected chi connectivity index (χ0v) is 15.3. The quantitative estimate of drug-likeness (QED) is 0.848. The molecule has 26 heavy (non-hydrogen) atoms. The molecule has 1 aromatic heterocycles. The second kappa shape index (κ2) is 7.41. The summed E-state index contributed by atoms with van der Waals surface area (Å²) in [7, 11) is 2.13. The van der Waals surface area contributed by atoms with Crippen molar-refractivity contribution in [3.05, 3.63) is 42.1 Å². The minimum absolute atomic E-state index is 0.0254. The van der Waals surface area contributed by atoms with Crippen molar-refractivity contribution in [2.45, 2.75) is 12.8 Å². The highest BCUT2D eigenvalue weighted by Gasteiger charge is 2.24. The molecule has 136 valence electrons. The van der Waals surface area contributed by atoms with Crippen LogP contribution in [0.4, 0.5) is 5.82 Å². The minimum Gasteiger partial charge on any atom is -0.354 e. The molecule has 1 aromatic carbocycles. The van der Waals surface area contributed by atoms with Gasteiger partial charge in [0.15, 0.2) is 5.82 Å². The number of piperazine rings is 1. The van der Waals surface area contributed by atoms with E-state index in [9.17, 15) is 4.79 Å². The molecule has 0 unspecified atom stereocenters. The molecule has 2 aliphatic heterocycles. The van der Waals surface area contributed by atoms with Crippen LogP contribution in [0.2, 0.25) is 0 Å². The number of carbonyl (C=O) groups is 1. The Morgan fingerprint density at radius 2 is 1.62 bits per heavy atom. The number of amides is 1. The first kappa shape index (κ1) is 17.0. The first-order valence-corrected chi connectivity index (χ1v) is 9.38. The molecule has 0 atom stereocenters. The Labute approximate surface area is 154 Å². The predicted octanol–water partition coefficient (Wildman–Crippen LogP) is 2.13. The molecule has 0 spiro atoms. The van der Waals surface area contributed by atoms with Crippen molar-refractivity contribution in [2.75, 3.05) is 51.2 Å². The zero-order valence-electron chi connectivity index (χ0n) is 15.3. The lowest BCUT2D eigenvalue weighted by Gasteiger charge is -2.33. The van der Waals surface area contributed by atoms with Gasteiger partial charge in [-0.3, -0.25) is 4.79 Å². The van der Waals surface area contributed by atoms with Crippen molar-refractivity contribution in [2.24, 2.45) is 0 Å². The van der Waals surface area contributed by atoms with Gasteiger partial charge in [-0.15, -0.1) is 0 Å². The number of rotatable bonds is 3. The number of benzene rings is 1. The molecular formula is C20H25N5O. The van der Waals surface area contributed by atoms with Crippen LogP contribution in [0.3, 0.4) is 0 Å². The van der Waals surface area contributed by atoms with Crippen LogP contribution < -0.4 is 4.90 Å². The SMILES string of the molecule is CN1CCN(c2cc(C(=O)N3CCCC3)nc(-c3ccccc3)n2)CC1. The summed E-state index contributed by atoms with van der Waals surface area (Å²) in [6, 6.07) is 11.8. The van der Waals surface area contributed by atoms with Crippen molar-refractivity contribution in [3.63, 3.8) is 0 Å². The van der Waals surface area contributed by atoms with E-state index < -0.39 is 0 Å². The molecule has 4 rings (SSSR count). The first-order valence-electron chi connectivity index (χ1n) is 9.38. The Hall–Kier alpha value is -2.47. The van der Waals surface area contributed by atoms with Gasteiger partial charge in [0.05, 0.1) is 0 Å². The topological polar surface area (TPSA) is 52.6 Å². The van der Waals surface area contributed by atoms with Crippen LogP contribution in [0, 0.1) is 0 Å². The molecule has 0 saturated carbocycles. The Morgan fingerprint density at radius 1 is 0.923 bits per heavy atom. The van der Waals surface area contributed by atoms with Gasteiger partial charge in [-0.1, -0.05) is 30.3 Å². The van der Waals surface area contributed by atoms with Crippen LogP contribution in [-0.4, -0.2) is 72.0 Å². The Balaban J connectivity index is 1.70. The highest BCUT2D eigenvalue weighted by molar-refractivity contribution is 5.93. The van der Waals surface area contributed by atoms with Gasteiger partial charge in [0.2, 0.25) is 0 Å². The molecule has 2 aromatic rings. The standard InChI is InChI=1S/C20H25N5O/c1-23-11-13-24(14-12-23)18-15-17(20(26)25-9-5-6-10-25)21-19(22-18)16-7-3-2-4-8-16/h2-4,7-8,15H,5-6,9-14H2,1H3. The third-order valence-corrected chi connectivity index (χ3v) is 5.18. The van der Waals surface area contributed by atoms with Gasteiger partial charge < -0.3 is 14.7 Å². The van der Waals surface area contributed by atoms with E-state index in [4.69, 9.17) is 4.98 Å². The average molecular weight is 351 g/mol. The lowest BCUT2D eigenvalue weighted by molar-refractivity contribution is 0.0787. The summed E-state index contributed by atoms with van der Waals surface area (Å²) < 4.78 is 0. The van der Waals surface area contributed by atoms with Gasteiger partial charge >= 0.3 is 0 Å². The minimum atomic E-state index is 0.0254. The number of likely N-dealkylation sites (N-methyl/N-ethyl adjacent to an activating group) is 1. The van der Waals surface area contributed by atoms with E-state index in [-0.39, 0.29) is 5.91 Å². The summed E-state index contributed by atoms with van der Waals surface area (Å²) in [6.07, 6.45) is 2.15. The second-order valence-electron chi connectivity index (χ2n) is 7.09. The lowest BCUT2D eigenvalue weighted by Crippen LogP contribution is -2.45. The van der Waals surface area contributed by atoms with E-state index >= 15 is 0 Å². The number of likely N-dealkylation sites (tertiary alicyclic amines) is 1. The summed E-state index contributed by atoms with van der Waals surface area (Å²) in [5.41, 5.74) is 1.45. The molecule has 6 heteroatoms. The van der Waals surface area contributed by atoms with E-state index in [0.29, 0.717) is 11.5 Å². The average Bonchev–Trinajstić information content (AvgIpc) is 3.23. The second-order valence-corrected chi connectivity index (χ2v) is 7.09. The highest BCUT2D eigenvalue weighted by atomic mass is 16.2. The van der Waals surface area contributed by atoms with Gasteiger partial charge in [-0.25, -0.2) is 9.97 Å². The van der Waals surface area contributed by atoms with Crippen LogP contribution in [0.15, 0.2) is 36.4 Å². The maximum atomic E-state index is 12.9. The molecule has 2 fully saturated rings. The van der Waals surface area contributed by atoms with Crippen LogP contribution >= 0.6 is 0 Å². The summed E-state index contributed by atoms with van der Waals surface area (Å²) in [6.45, 7) is 5.49. The fraction of sp³-hybridized carbons (Fsp3) is 0.450. The van der Waals surface area contributed by atoms with Crippen molar-refractivity contribution in [1.82, 2.24) is 19.8 Å². The van der Waals surface area contributed by atoms with Gasteiger partial charge in [0.25, 0.3) is 5.91 Å². The number of nitrogens with zero attached hydrogens (tertiary/aromatic N) is 5.